The van der Waals surface area contributed by atoms with Crippen LogP contribution in [0.2, 0.25) is 5.02 Å². The maximum Gasteiger partial charge on any atom is 0.345 e. The maximum absolute atomic E-state index is 11.6. The first kappa shape index (κ1) is 12.4. The van der Waals surface area contributed by atoms with E-state index in [1.807, 2.05) is 0 Å². The van der Waals surface area contributed by atoms with Crippen molar-refractivity contribution in [3.63, 3.8) is 0 Å². The summed E-state index contributed by atoms with van der Waals surface area (Å²) in [6.45, 7) is 3.38. The Balaban J connectivity index is 3.40. The van der Waals surface area contributed by atoms with Crippen molar-refractivity contribution in [2.45, 2.75) is 13.8 Å². The predicted octanol–water partition coefficient (Wildman–Crippen LogP) is 2.73. The average Bonchev–Trinajstić information content (AvgIpc) is 2.20. The summed E-state index contributed by atoms with van der Waals surface area (Å²) in [5.74, 6) is -0.728. The van der Waals surface area contributed by atoms with Gasteiger partial charge in [-0.2, -0.15) is 0 Å². The number of ether oxygens (including phenoxy) is 1. The molecule has 0 aliphatic rings. The molecule has 0 aliphatic carbocycles. The third kappa shape index (κ3) is 2.30. The number of hydrogen-bond donors (Lipinski definition) is 0. The highest BCUT2D eigenvalue weighted by atomic mass is 35.5. The van der Waals surface area contributed by atoms with E-state index >= 15 is 0 Å². The Morgan fingerprint density at radius 2 is 2.19 bits per heavy atom. The fourth-order valence-corrected chi connectivity index (χ4v) is 1.53. The number of nitro benzene ring substituents is 1. The summed E-state index contributed by atoms with van der Waals surface area (Å²) < 4.78 is 4.75. The number of carbonyl (C=O) groups excluding carboxylic acids is 1. The standard InChI is InChI=1S/C10H10ClNO4/c1-3-16-10(13)8-6(2)4-5-7(11)9(8)12(14)15/h4-5H,3H2,1-2H3. The SMILES string of the molecule is CCOC(=O)c1c(C)ccc(Cl)c1[N+](=O)[O-]. The van der Waals surface area contributed by atoms with Gasteiger partial charge in [0.1, 0.15) is 10.6 Å². The van der Waals surface area contributed by atoms with Crippen LogP contribution in [0, 0.1) is 17.0 Å². The zero-order valence-corrected chi connectivity index (χ0v) is 9.58. The van der Waals surface area contributed by atoms with Crippen LogP contribution < -0.4 is 0 Å². The third-order valence-corrected chi connectivity index (χ3v) is 2.30. The van der Waals surface area contributed by atoms with Gasteiger partial charge < -0.3 is 4.74 Å². The number of rotatable bonds is 3. The molecular formula is C10H10ClNO4. The van der Waals surface area contributed by atoms with Gasteiger partial charge in [0.2, 0.25) is 0 Å². The van der Waals surface area contributed by atoms with E-state index in [0.717, 1.165) is 0 Å². The van der Waals surface area contributed by atoms with Gasteiger partial charge in [-0.15, -0.1) is 0 Å². The Kier molecular flexibility index (Phi) is 3.84. The lowest BCUT2D eigenvalue weighted by Crippen LogP contribution is -2.10. The summed E-state index contributed by atoms with van der Waals surface area (Å²) in [7, 11) is 0. The minimum absolute atomic E-state index is 0.0707. The largest absolute Gasteiger partial charge is 0.462 e. The van der Waals surface area contributed by atoms with Crippen LogP contribution in [0.4, 0.5) is 5.69 Å². The van der Waals surface area contributed by atoms with Crippen LogP contribution in [0.5, 0.6) is 0 Å². The van der Waals surface area contributed by atoms with Gasteiger partial charge in [-0.3, -0.25) is 10.1 Å². The Hall–Kier alpha value is -1.62. The second kappa shape index (κ2) is 4.94. The molecule has 16 heavy (non-hydrogen) atoms. The van der Waals surface area contributed by atoms with Gasteiger partial charge in [-0.05, 0) is 25.5 Å². The number of esters is 1. The van der Waals surface area contributed by atoms with Gasteiger partial charge in [-0.1, -0.05) is 17.7 Å². The van der Waals surface area contributed by atoms with Gasteiger partial charge >= 0.3 is 11.7 Å². The summed E-state index contributed by atoms with van der Waals surface area (Å²) in [5.41, 5.74) is -0.0194. The summed E-state index contributed by atoms with van der Waals surface area (Å²) in [6, 6.07) is 2.93. The molecule has 6 heteroatoms. The van der Waals surface area contributed by atoms with E-state index in [0.29, 0.717) is 5.56 Å². The summed E-state index contributed by atoms with van der Waals surface area (Å²) in [5, 5.41) is 10.7. The van der Waals surface area contributed by atoms with Crippen LogP contribution in [-0.2, 0) is 4.74 Å². The third-order valence-electron chi connectivity index (χ3n) is 2.00. The number of nitro groups is 1. The van der Waals surface area contributed by atoms with E-state index in [9.17, 15) is 14.9 Å². The van der Waals surface area contributed by atoms with Crippen molar-refractivity contribution in [3.8, 4) is 0 Å². The van der Waals surface area contributed by atoms with Gasteiger partial charge in [0.15, 0.2) is 0 Å². The van der Waals surface area contributed by atoms with Gasteiger partial charge in [-0.25, -0.2) is 4.79 Å². The van der Waals surface area contributed by atoms with Crippen molar-refractivity contribution < 1.29 is 14.5 Å². The van der Waals surface area contributed by atoms with Crippen molar-refractivity contribution in [3.05, 3.63) is 38.4 Å². The molecule has 0 saturated carbocycles. The lowest BCUT2D eigenvalue weighted by molar-refractivity contribution is -0.385. The van der Waals surface area contributed by atoms with E-state index in [1.54, 1.807) is 19.9 Å². The van der Waals surface area contributed by atoms with E-state index in [2.05, 4.69) is 0 Å². The summed E-state index contributed by atoms with van der Waals surface area (Å²) in [6.07, 6.45) is 0. The van der Waals surface area contributed by atoms with Crippen LogP contribution in [0.3, 0.4) is 0 Å². The molecule has 0 atom stereocenters. The summed E-state index contributed by atoms with van der Waals surface area (Å²) in [4.78, 5) is 21.7. The number of benzene rings is 1. The van der Waals surface area contributed by atoms with Gasteiger partial charge in [0.05, 0.1) is 11.5 Å². The van der Waals surface area contributed by atoms with Crippen molar-refractivity contribution in [2.75, 3.05) is 6.61 Å². The van der Waals surface area contributed by atoms with Crippen LogP contribution in [0.15, 0.2) is 12.1 Å². The molecule has 0 amide bonds. The second-order valence-corrected chi connectivity index (χ2v) is 3.47. The quantitative estimate of drug-likeness (QED) is 0.465. The predicted molar refractivity (Wildman–Crippen MR) is 58.8 cm³/mol. The highest BCUT2D eigenvalue weighted by Crippen LogP contribution is 2.31. The fraction of sp³-hybridized carbons (Fsp3) is 0.300. The minimum Gasteiger partial charge on any atom is -0.462 e. The average molecular weight is 244 g/mol. The Morgan fingerprint density at radius 3 is 2.69 bits per heavy atom. The van der Waals surface area contributed by atoms with Crippen LogP contribution in [-0.4, -0.2) is 17.5 Å². The zero-order chi connectivity index (χ0) is 12.3. The first-order valence-corrected chi connectivity index (χ1v) is 4.97. The minimum atomic E-state index is -0.728. The van der Waals surface area contributed by atoms with Crippen molar-refractivity contribution in [2.24, 2.45) is 0 Å². The Morgan fingerprint density at radius 1 is 1.56 bits per heavy atom. The lowest BCUT2D eigenvalue weighted by Gasteiger charge is -2.06. The number of nitrogens with zero attached hydrogens (tertiary/aromatic N) is 1. The van der Waals surface area contributed by atoms with E-state index in [4.69, 9.17) is 16.3 Å². The molecule has 0 spiro atoms. The second-order valence-electron chi connectivity index (χ2n) is 3.07. The van der Waals surface area contributed by atoms with Gasteiger partial charge in [0.25, 0.3) is 0 Å². The molecule has 1 aromatic carbocycles. The maximum atomic E-state index is 11.6. The molecule has 86 valence electrons. The number of halogens is 1. The first-order chi connectivity index (χ1) is 7.49. The number of carbonyl (C=O) groups is 1. The van der Waals surface area contributed by atoms with Crippen LogP contribution >= 0.6 is 11.6 Å². The molecule has 0 aromatic heterocycles. The monoisotopic (exact) mass is 243 g/mol. The van der Waals surface area contributed by atoms with E-state index in [-0.39, 0.29) is 17.2 Å². The molecule has 0 heterocycles. The first-order valence-electron chi connectivity index (χ1n) is 4.59. The molecule has 1 aromatic rings. The molecule has 0 fully saturated rings. The highest BCUT2D eigenvalue weighted by molar-refractivity contribution is 6.33. The topological polar surface area (TPSA) is 69.4 Å². The van der Waals surface area contributed by atoms with E-state index < -0.39 is 16.6 Å². The van der Waals surface area contributed by atoms with E-state index in [1.165, 1.54) is 6.07 Å². The van der Waals surface area contributed by atoms with Crippen LogP contribution in [0.1, 0.15) is 22.8 Å². The number of aryl methyl sites for hydroxylation is 1. The van der Waals surface area contributed by atoms with Crippen molar-refractivity contribution in [1.82, 2.24) is 0 Å². The Labute approximate surface area is 97.1 Å². The lowest BCUT2D eigenvalue weighted by atomic mass is 10.1. The molecule has 0 bridgehead atoms. The van der Waals surface area contributed by atoms with Crippen LogP contribution in [0.25, 0.3) is 0 Å². The normalized spacial score (nSPS) is 9.94. The molecule has 5 nitrogen and oxygen atoms in total. The molecule has 0 N–H and O–H groups in total. The molecule has 0 aliphatic heterocycles. The van der Waals surface area contributed by atoms with Gasteiger partial charge in [0, 0.05) is 0 Å². The molecular weight excluding hydrogens is 234 g/mol. The number of hydrogen-bond acceptors (Lipinski definition) is 4. The zero-order valence-electron chi connectivity index (χ0n) is 8.82. The molecule has 1 rings (SSSR count). The molecule has 0 unspecified atom stereocenters. The fourth-order valence-electron chi connectivity index (χ4n) is 1.31. The van der Waals surface area contributed by atoms with Crippen molar-refractivity contribution >= 4 is 23.3 Å². The summed E-state index contributed by atoms with van der Waals surface area (Å²) >= 11 is 5.69. The Bertz CT molecular complexity index is 445. The van der Waals surface area contributed by atoms with Crippen molar-refractivity contribution in [1.29, 1.82) is 0 Å². The highest BCUT2D eigenvalue weighted by Gasteiger charge is 2.26. The smallest absolute Gasteiger partial charge is 0.345 e. The molecule has 0 radical (unpaired) electrons. The molecule has 0 saturated heterocycles.